The molecule has 0 amide bonds. The fraction of sp³-hybridized carbons (Fsp3) is 0.545. The Morgan fingerprint density at radius 1 is 1.47 bits per heavy atom. The zero-order valence-electron chi connectivity index (χ0n) is 9.13. The van der Waals surface area contributed by atoms with Crippen LogP contribution in [0.15, 0.2) is 22.8 Å². The summed E-state index contributed by atoms with van der Waals surface area (Å²) in [5.74, 6) is 1.05. The van der Waals surface area contributed by atoms with E-state index >= 15 is 0 Å². The van der Waals surface area contributed by atoms with Gasteiger partial charge >= 0.3 is 0 Å². The minimum absolute atomic E-state index is 0.169. The van der Waals surface area contributed by atoms with Crippen LogP contribution in [0.5, 0.6) is 0 Å². The molecule has 0 saturated carbocycles. The van der Waals surface area contributed by atoms with Crippen LogP contribution in [-0.2, 0) is 0 Å². The van der Waals surface area contributed by atoms with Crippen LogP contribution in [0.25, 0.3) is 0 Å². The van der Waals surface area contributed by atoms with Crippen LogP contribution in [0.1, 0.15) is 13.8 Å². The Morgan fingerprint density at radius 3 is 2.93 bits per heavy atom. The van der Waals surface area contributed by atoms with Crippen molar-refractivity contribution in [3.05, 3.63) is 22.8 Å². The van der Waals surface area contributed by atoms with Crippen LogP contribution in [0, 0.1) is 0 Å². The minimum atomic E-state index is 0.169. The molecular weight excluding hydrogens is 254 g/mol. The van der Waals surface area contributed by atoms with Crippen molar-refractivity contribution in [2.75, 3.05) is 24.5 Å². The highest BCUT2D eigenvalue weighted by atomic mass is 79.9. The number of hydrogen-bond donors (Lipinski definition) is 1. The quantitative estimate of drug-likeness (QED) is 0.791. The second-order valence-corrected chi connectivity index (χ2v) is 5.36. The fourth-order valence-corrected chi connectivity index (χ4v) is 2.24. The first-order chi connectivity index (χ1) is 7.07. The molecule has 1 saturated heterocycles. The van der Waals surface area contributed by atoms with Gasteiger partial charge in [-0.25, -0.2) is 4.98 Å². The Hall–Kier alpha value is -0.610. The zero-order chi connectivity index (χ0) is 10.9. The summed E-state index contributed by atoms with van der Waals surface area (Å²) in [5.41, 5.74) is 0.169. The number of nitrogens with one attached hydrogen (secondary N) is 1. The monoisotopic (exact) mass is 269 g/mol. The van der Waals surface area contributed by atoms with Gasteiger partial charge in [0.25, 0.3) is 0 Å². The summed E-state index contributed by atoms with van der Waals surface area (Å²) in [6.45, 7) is 7.47. The first-order valence-corrected chi connectivity index (χ1v) is 5.99. The molecule has 1 aromatic heterocycles. The summed E-state index contributed by atoms with van der Waals surface area (Å²) in [5, 5.41) is 3.49. The van der Waals surface area contributed by atoms with Crippen LogP contribution in [-0.4, -0.2) is 30.2 Å². The van der Waals surface area contributed by atoms with E-state index in [1.807, 2.05) is 12.1 Å². The predicted molar refractivity (Wildman–Crippen MR) is 66.2 cm³/mol. The van der Waals surface area contributed by atoms with E-state index in [-0.39, 0.29) is 5.54 Å². The lowest BCUT2D eigenvalue weighted by atomic mass is 10.0. The van der Waals surface area contributed by atoms with E-state index in [9.17, 15) is 0 Å². The van der Waals surface area contributed by atoms with E-state index in [0.29, 0.717) is 0 Å². The van der Waals surface area contributed by atoms with Crippen LogP contribution < -0.4 is 10.2 Å². The van der Waals surface area contributed by atoms with Gasteiger partial charge in [-0.05, 0) is 41.9 Å². The van der Waals surface area contributed by atoms with Crippen molar-refractivity contribution in [3.63, 3.8) is 0 Å². The van der Waals surface area contributed by atoms with Crippen LogP contribution in [0.4, 0.5) is 5.82 Å². The lowest BCUT2D eigenvalue weighted by molar-refractivity contribution is 0.351. The van der Waals surface area contributed by atoms with E-state index < -0.39 is 0 Å². The van der Waals surface area contributed by atoms with Crippen molar-refractivity contribution in [1.82, 2.24) is 10.3 Å². The SMILES string of the molecule is CC1(C)CN(c2cccc(Br)n2)CCN1. The van der Waals surface area contributed by atoms with Crippen molar-refractivity contribution in [2.24, 2.45) is 0 Å². The minimum Gasteiger partial charge on any atom is -0.353 e. The first kappa shape index (κ1) is 10.9. The molecule has 1 aliphatic rings. The highest BCUT2D eigenvalue weighted by Crippen LogP contribution is 2.19. The number of anilines is 1. The third-order valence-corrected chi connectivity index (χ3v) is 3.04. The van der Waals surface area contributed by atoms with Crippen molar-refractivity contribution in [1.29, 1.82) is 0 Å². The third kappa shape index (κ3) is 2.69. The van der Waals surface area contributed by atoms with E-state index in [0.717, 1.165) is 30.1 Å². The lowest BCUT2D eigenvalue weighted by Crippen LogP contribution is -2.57. The second-order valence-electron chi connectivity index (χ2n) is 4.55. The van der Waals surface area contributed by atoms with Crippen molar-refractivity contribution >= 4 is 21.7 Å². The number of rotatable bonds is 1. The smallest absolute Gasteiger partial charge is 0.129 e. The Kier molecular flexibility index (Phi) is 2.98. The summed E-state index contributed by atoms with van der Waals surface area (Å²) >= 11 is 3.40. The molecule has 1 aliphatic heterocycles. The second kappa shape index (κ2) is 4.10. The zero-order valence-corrected chi connectivity index (χ0v) is 10.7. The highest BCUT2D eigenvalue weighted by Gasteiger charge is 2.26. The number of hydrogen-bond acceptors (Lipinski definition) is 3. The van der Waals surface area contributed by atoms with Crippen LogP contribution in [0.2, 0.25) is 0 Å². The van der Waals surface area contributed by atoms with E-state index in [1.54, 1.807) is 0 Å². The maximum atomic E-state index is 4.48. The van der Waals surface area contributed by atoms with Gasteiger partial charge in [0.15, 0.2) is 0 Å². The molecule has 0 aliphatic carbocycles. The molecule has 2 rings (SSSR count). The molecule has 0 spiro atoms. The Labute approximate surface area is 99.0 Å². The maximum Gasteiger partial charge on any atom is 0.129 e. The van der Waals surface area contributed by atoms with Gasteiger partial charge in [-0.15, -0.1) is 0 Å². The molecule has 0 bridgehead atoms. The molecule has 1 aromatic rings. The topological polar surface area (TPSA) is 28.2 Å². The summed E-state index contributed by atoms with van der Waals surface area (Å²) in [7, 11) is 0. The van der Waals surface area contributed by atoms with Gasteiger partial charge < -0.3 is 10.2 Å². The summed E-state index contributed by atoms with van der Waals surface area (Å²) < 4.78 is 0.899. The van der Waals surface area contributed by atoms with Gasteiger partial charge in [0.05, 0.1) is 0 Å². The standard InChI is InChI=1S/C11H16BrN3/c1-11(2)8-15(7-6-13-11)10-5-3-4-9(12)14-10/h3-5,13H,6-8H2,1-2H3. The van der Waals surface area contributed by atoms with Gasteiger partial charge in [0.1, 0.15) is 10.4 Å². The summed E-state index contributed by atoms with van der Waals surface area (Å²) in [4.78, 5) is 6.80. The normalized spacial score (nSPS) is 20.3. The van der Waals surface area contributed by atoms with Gasteiger partial charge in [-0.1, -0.05) is 6.07 Å². The number of nitrogens with zero attached hydrogens (tertiary/aromatic N) is 2. The molecule has 4 heteroatoms. The Balaban J connectivity index is 2.17. The van der Waals surface area contributed by atoms with Gasteiger partial charge in [0.2, 0.25) is 0 Å². The lowest BCUT2D eigenvalue weighted by Gasteiger charge is -2.39. The molecule has 0 unspecified atom stereocenters. The summed E-state index contributed by atoms with van der Waals surface area (Å²) in [6.07, 6.45) is 0. The van der Waals surface area contributed by atoms with Crippen LogP contribution in [0.3, 0.4) is 0 Å². The van der Waals surface area contributed by atoms with Crippen molar-refractivity contribution in [2.45, 2.75) is 19.4 Å². The van der Waals surface area contributed by atoms with Gasteiger partial charge in [-0.3, -0.25) is 0 Å². The molecule has 0 radical (unpaired) electrons. The Morgan fingerprint density at radius 2 is 2.27 bits per heavy atom. The first-order valence-electron chi connectivity index (χ1n) is 5.19. The largest absolute Gasteiger partial charge is 0.353 e. The molecule has 82 valence electrons. The highest BCUT2D eigenvalue weighted by molar-refractivity contribution is 9.10. The van der Waals surface area contributed by atoms with E-state index in [2.05, 4.69) is 51.0 Å². The average Bonchev–Trinajstić information content (AvgIpc) is 2.16. The van der Waals surface area contributed by atoms with E-state index in [1.165, 1.54) is 0 Å². The molecule has 2 heterocycles. The molecule has 1 fully saturated rings. The van der Waals surface area contributed by atoms with Crippen molar-refractivity contribution in [3.8, 4) is 0 Å². The van der Waals surface area contributed by atoms with Gasteiger partial charge in [0, 0.05) is 25.2 Å². The number of piperazine rings is 1. The van der Waals surface area contributed by atoms with Crippen molar-refractivity contribution < 1.29 is 0 Å². The fourth-order valence-electron chi connectivity index (χ4n) is 1.91. The molecule has 0 atom stereocenters. The number of aromatic nitrogens is 1. The maximum absolute atomic E-state index is 4.48. The molecule has 1 N–H and O–H groups in total. The van der Waals surface area contributed by atoms with Gasteiger partial charge in [-0.2, -0.15) is 0 Å². The van der Waals surface area contributed by atoms with Crippen LogP contribution >= 0.6 is 15.9 Å². The third-order valence-electron chi connectivity index (χ3n) is 2.60. The summed E-state index contributed by atoms with van der Waals surface area (Å²) in [6, 6.07) is 6.05. The molecule has 3 nitrogen and oxygen atoms in total. The number of pyridine rings is 1. The number of halogens is 1. The Bertz CT molecular complexity index is 351. The molecular formula is C11H16BrN3. The predicted octanol–water partition coefficient (Wildman–Crippen LogP) is 2.03. The van der Waals surface area contributed by atoms with E-state index in [4.69, 9.17) is 0 Å². The molecule has 15 heavy (non-hydrogen) atoms. The molecule has 0 aromatic carbocycles. The average molecular weight is 270 g/mol.